The molecule has 8 heteroatoms. The molecule has 0 heterocycles. The van der Waals surface area contributed by atoms with Crippen LogP contribution in [0.5, 0.6) is 5.75 Å². The summed E-state index contributed by atoms with van der Waals surface area (Å²) >= 11 is 6.18. The maximum absolute atomic E-state index is 12.7. The number of halogens is 1. The molecule has 3 aromatic carbocycles. The lowest BCUT2D eigenvalue weighted by Gasteiger charge is -2.28. The van der Waals surface area contributed by atoms with Gasteiger partial charge in [0.25, 0.3) is 5.91 Å². The second-order valence-electron chi connectivity index (χ2n) is 9.29. The molecule has 0 saturated heterocycles. The minimum atomic E-state index is -0.840. The number of hydrogen-bond acceptors (Lipinski definition) is 5. The summed E-state index contributed by atoms with van der Waals surface area (Å²) in [5, 5.41) is 29.8. The van der Waals surface area contributed by atoms with E-state index >= 15 is 0 Å². The predicted molar refractivity (Wildman–Crippen MR) is 142 cm³/mol. The third kappa shape index (κ3) is 7.81. The zero-order chi connectivity index (χ0) is 26.1. The Morgan fingerprint density at radius 2 is 1.86 bits per heavy atom. The highest BCUT2D eigenvalue weighted by atomic mass is 35.5. The van der Waals surface area contributed by atoms with E-state index in [2.05, 4.69) is 16.0 Å². The van der Waals surface area contributed by atoms with Gasteiger partial charge in [0.15, 0.2) is 0 Å². The van der Waals surface area contributed by atoms with Crippen molar-refractivity contribution in [3.63, 3.8) is 0 Å². The van der Waals surface area contributed by atoms with Crippen LogP contribution in [0.2, 0.25) is 5.02 Å². The Morgan fingerprint density at radius 3 is 2.61 bits per heavy atom. The third-order valence-corrected chi connectivity index (χ3v) is 6.24. The molecule has 0 aromatic heterocycles. The average Bonchev–Trinajstić information content (AvgIpc) is 2.85. The van der Waals surface area contributed by atoms with E-state index in [0.29, 0.717) is 41.9 Å². The minimum Gasteiger partial charge on any atom is -0.506 e. The van der Waals surface area contributed by atoms with E-state index < -0.39 is 6.10 Å². The van der Waals surface area contributed by atoms with E-state index in [0.717, 1.165) is 11.1 Å². The largest absolute Gasteiger partial charge is 0.506 e. The van der Waals surface area contributed by atoms with Gasteiger partial charge in [0, 0.05) is 29.2 Å². The third-order valence-electron chi connectivity index (χ3n) is 5.87. The number of rotatable bonds is 12. The van der Waals surface area contributed by atoms with Crippen LogP contribution in [0.4, 0.5) is 5.69 Å². The highest BCUT2D eigenvalue weighted by Gasteiger charge is 2.21. The summed E-state index contributed by atoms with van der Waals surface area (Å²) < 4.78 is 0. The van der Waals surface area contributed by atoms with Gasteiger partial charge in [-0.1, -0.05) is 48.0 Å². The van der Waals surface area contributed by atoms with Crippen LogP contribution in [-0.2, 0) is 17.6 Å². The van der Waals surface area contributed by atoms with E-state index in [1.54, 1.807) is 12.1 Å². The highest BCUT2D eigenvalue weighted by Crippen LogP contribution is 2.27. The SMILES string of the molecule is CC(C)(Cc1cccc(C(=O)NCCc2ccccc2Cl)c1)NC[C@H](O)c1ccc(O)c(NC=O)c1. The Kier molecular flexibility index (Phi) is 9.47. The molecule has 190 valence electrons. The van der Waals surface area contributed by atoms with E-state index in [1.165, 1.54) is 12.1 Å². The van der Waals surface area contributed by atoms with Gasteiger partial charge in [-0.25, -0.2) is 0 Å². The fourth-order valence-electron chi connectivity index (χ4n) is 3.94. The molecule has 36 heavy (non-hydrogen) atoms. The number of aromatic hydroxyl groups is 1. The summed E-state index contributed by atoms with van der Waals surface area (Å²) in [5.74, 6) is -0.212. The normalized spacial score (nSPS) is 12.1. The van der Waals surface area contributed by atoms with Crippen molar-refractivity contribution >= 4 is 29.6 Å². The molecule has 0 bridgehead atoms. The fourth-order valence-corrected chi connectivity index (χ4v) is 4.17. The number of phenolic OH excluding ortho intramolecular Hbond substituents is 1. The standard InChI is InChI=1S/C28H32ClN3O4/c1-28(2,32-17-26(35)21-10-11-25(34)24(15-21)31-18-33)16-19-6-5-8-22(14-19)27(36)30-13-12-20-7-3-4-9-23(20)29/h3-11,14-15,18,26,32,34-35H,12-13,16-17H2,1-2H3,(H,30,36)(H,31,33)/t26-/m0/s1. The number of aliphatic hydroxyl groups is 1. The predicted octanol–water partition coefficient (Wildman–Crippen LogP) is 4.23. The van der Waals surface area contributed by atoms with Gasteiger partial charge in [-0.2, -0.15) is 0 Å². The molecule has 7 nitrogen and oxygen atoms in total. The Morgan fingerprint density at radius 1 is 1.08 bits per heavy atom. The number of anilines is 1. The van der Waals surface area contributed by atoms with Crippen LogP contribution >= 0.6 is 11.6 Å². The van der Waals surface area contributed by atoms with Gasteiger partial charge in [0.05, 0.1) is 11.8 Å². The molecule has 0 unspecified atom stereocenters. The van der Waals surface area contributed by atoms with Gasteiger partial charge < -0.3 is 26.2 Å². The summed E-state index contributed by atoms with van der Waals surface area (Å²) in [5.41, 5.74) is 3.00. The average molecular weight is 510 g/mol. The molecule has 0 radical (unpaired) electrons. The Labute approximate surface area is 216 Å². The summed E-state index contributed by atoms with van der Waals surface area (Å²) in [6, 6.07) is 19.7. The number of benzene rings is 3. The van der Waals surface area contributed by atoms with Crippen molar-refractivity contribution in [1.29, 1.82) is 0 Å². The summed E-state index contributed by atoms with van der Waals surface area (Å²) in [7, 11) is 0. The summed E-state index contributed by atoms with van der Waals surface area (Å²) in [6.45, 7) is 4.79. The lowest BCUT2D eigenvalue weighted by Crippen LogP contribution is -2.43. The van der Waals surface area contributed by atoms with Crippen LogP contribution in [-0.4, -0.2) is 41.2 Å². The monoisotopic (exact) mass is 509 g/mol. The molecular weight excluding hydrogens is 478 g/mol. The van der Waals surface area contributed by atoms with Gasteiger partial charge in [-0.3, -0.25) is 9.59 Å². The first kappa shape index (κ1) is 27.2. The van der Waals surface area contributed by atoms with Crippen molar-refractivity contribution in [2.24, 2.45) is 0 Å². The zero-order valence-corrected chi connectivity index (χ0v) is 21.2. The number of aliphatic hydroxyl groups excluding tert-OH is 1. The first-order valence-corrected chi connectivity index (χ1v) is 12.1. The molecule has 0 aliphatic heterocycles. The Hall–Kier alpha value is -3.39. The number of amides is 2. The smallest absolute Gasteiger partial charge is 0.251 e. The Balaban J connectivity index is 1.54. The summed E-state index contributed by atoms with van der Waals surface area (Å²) in [6.07, 6.45) is 0.915. The van der Waals surface area contributed by atoms with E-state index in [9.17, 15) is 19.8 Å². The van der Waals surface area contributed by atoms with Gasteiger partial charge >= 0.3 is 0 Å². The number of nitrogens with one attached hydrogen (secondary N) is 3. The number of carbonyl (C=O) groups is 2. The lowest BCUT2D eigenvalue weighted by molar-refractivity contribution is -0.105. The number of phenols is 1. The lowest BCUT2D eigenvalue weighted by atomic mass is 9.93. The van der Waals surface area contributed by atoms with Crippen molar-refractivity contribution in [2.75, 3.05) is 18.4 Å². The molecule has 0 aliphatic rings. The van der Waals surface area contributed by atoms with Gasteiger partial charge in [0.1, 0.15) is 5.75 Å². The van der Waals surface area contributed by atoms with E-state index in [1.807, 2.05) is 56.3 Å². The van der Waals surface area contributed by atoms with Crippen LogP contribution in [0.1, 0.15) is 47.0 Å². The van der Waals surface area contributed by atoms with E-state index in [4.69, 9.17) is 11.6 Å². The molecule has 3 rings (SSSR count). The van der Waals surface area contributed by atoms with Crippen LogP contribution in [0.25, 0.3) is 0 Å². The van der Waals surface area contributed by atoms with Crippen LogP contribution in [0.3, 0.4) is 0 Å². The first-order chi connectivity index (χ1) is 17.2. The molecule has 0 saturated carbocycles. The zero-order valence-electron chi connectivity index (χ0n) is 20.4. The minimum absolute atomic E-state index is 0.0703. The second kappa shape index (κ2) is 12.5. The molecular formula is C28H32ClN3O4. The van der Waals surface area contributed by atoms with Crippen molar-refractivity contribution < 1.29 is 19.8 Å². The topological polar surface area (TPSA) is 111 Å². The van der Waals surface area contributed by atoms with Gasteiger partial charge in [0.2, 0.25) is 6.41 Å². The fraction of sp³-hybridized carbons (Fsp3) is 0.286. The maximum Gasteiger partial charge on any atom is 0.251 e. The number of β-amino-alcohol motifs (C(OH)–C–C–N with tert-alkyl or cyclic N) is 1. The number of hydrogen-bond donors (Lipinski definition) is 5. The molecule has 5 N–H and O–H groups in total. The van der Waals surface area contributed by atoms with Crippen LogP contribution < -0.4 is 16.0 Å². The summed E-state index contributed by atoms with van der Waals surface area (Å²) in [4.78, 5) is 23.4. The Bertz CT molecular complexity index is 1200. The second-order valence-corrected chi connectivity index (χ2v) is 9.70. The highest BCUT2D eigenvalue weighted by molar-refractivity contribution is 6.31. The first-order valence-electron chi connectivity index (χ1n) is 11.8. The van der Waals surface area contributed by atoms with Crippen molar-refractivity contribution in [1.82, 2.24) is 10.6 Å². The molecule has 1 atom stereocenters. The molecule has 2 amide bonds. The quantitative estimate of drug-likeness (QED) is 0.185. The van der Waals surface area contributed by atoms with Gasteiger partial charge in [-0.15, -0.1) is 0 Å². The van der Waals surface area contributed by atoms with Crippen molar-refractivity contribution in [2.45, 2.75) is 38.3 Å². The van der Waals surface area contributed by atoms with Crippen molar-refractivity contribution in [3.8, 4) is 5.75 Å². The molecule has 0 aliphatic carbocycles. The molecule has 0 spiro atoms. The van der Waals surface area contributed by atoms with E-state index in [-0.39, 0.29) is 29.4 Å². The number of carbonyl (C=O) groups excluding carboxylic acids is 2. The van der Waals surface area contributed by atoms with Crippen molar-refractivity contribution in [3.05, 3.63) is 94.0 Å². The molecule has 0 fully saturated rings. The maximum atomic E-state index is 12.7. The molecule has 3 aromatic rings. The van der Waals surface area contributed by atoms with Crippen LogP contribution in [0, 0.1) is 0 Å². The van der Waals surface area contributed by atoms with Crippen LogP contribution in [0.15, 0.2) is 66.7 Å². The van der Waals surface area contributed by atoms with Gasteiger partial charge in [-0.05, 0) is 73.7 Å².